The van der Waals surface area contributed by atoms with Crippen molar-refractivity contribution in [3.05, 3.63) is 39.9 Å². The Morgan fingerprint density at radius 1 is 1.24 bits per heavy atom. The van der Waals surface area contributed by atoms with Crippen molar-refractivity contribution in [1.82, 2.24) is 5.32 Å². The lowest BCUT2D eigenvalue weighted by Crippen LogP contribution is -2.54. The number of halogens is 2. The highest BCUT2D eigenvalue weighted by molar-refractivity contribution is 6.34. The van der Waals surface area contributed by atoms with Crippen molar-refractivity contribution in [3.8, 4) is 0 Å². The van der Waals surface area contributed by atoms with Gasteiger partial charge in [0.15, 0.2) is 0 Å². The Morgan fingerprint density at radius 2 is 1.86 bits per heavy atom. The fourth-order valence-electron chi connectivity index (χ4n) is 2.39. The molecule has 0 atom stereocenters. The quantitative estimate of drug-likeness (QED) is 0.813. The molecule has 112 valence electrons. The Bertz CT molecular complexity index is 574. The molecule has 1 fully saturated rings. The van der Waals surface area contributed by atoms with Gasteiger partial charge in [0.1, 0.15) is 0 Å². The second-order valence-corrected chi connectivity index (χ2v) is 6.10. The van der Waals surface area contributed by atoms with Crippen LogP contribution in [0, 0.1) is 0 Å². The van der Waals surface area contributed by atoms with Crippen molar-refractivity contribution in [3.63, 3.8) is 0 Å². The molecule has 4 nitrogen and oxygen atoms in total. The van der Waals surface area contributed by atoms with Crippen LogP contribution in [-0.4, -0.2) is 22.5 Å². The number of carboxylic acid groups (broad SMARTS) is 1. The summed E-state index contributed by atoms with van der Waals surface area (Å²) >= 11 is 11.8. The first-order chi connectivity index (χ1) is 9.88. The summed E-state index contributed by atoms with van der Waals surface area (Å²) in [5, 5.41) is 12.7. The topological polar surface area (TPSA) is 66.4 Å². The molecule has 6 heteroatoms. The minimum atomic E-state index is -0.902. The zero-order valence-electron chi connectivity index (χ0n) is 11.2. The summed E-state index contributed by atoms with van der Waals surface area (Å²) < 4.78 is 0. The van der Waals surface area contributed by atoms with Gasteiger partial charge in [-0.15, -0.1) is 0 Å². The first-order valence-corrected chi connectivity index (χ1v) is 7.32. The minimum absolute atomic E-state index is 0.0461. The zero-order valence-corrected chi connectivity index (χ0v) is 12.7. The van der Waals surface area contributed by atoms with Gasteiger partial charge in [0, 0.05) is 16.1 Å². The van der Waals surface area contributed by atoms with Crippen molar-refractivity contribution in [1.29, 1.82) is 0 Å². The highest BCUT2D eigenvalue weighted by Gasteiger charge is 2.39. The van der Waals surface area contributed by atoms with Crippen molar-refractivity contribution in [2.75, 3.05) is 0 Å². The number of hydrogen-bond acceptors (Lipinski definition) is 2. The maximum Gasteiger partial charge on any atom is 0.305 e. The molecule has 0 heterocycles. The largest absolute Gasteiger partial charge is 0.481 e. The number of amides is 1. The Kier molecular flexibility index (Phi) is 4.91. The zero-order chi connectivity index (χ0) is 15.5. The van der Waals surface area contributed by atoms with E-state index in [2.05, 4.69) is 5.32 Å². The van der Waals surface area contributed by atoms with E-state index in [1.165, 1.54) is 6.08 Å². The van der Waals surface area contributed by atoms with Gasteiger partial charge >= 0.3 is 5.97 Å². The normalized spacial score (nSPS) is 16.5. The molecule has 1 aromatic carbocycles. The highest BCUT2D eigenvalue weighted by atomic mass is 35.5. The number of hydrogen-bond donors (Lipinski definition) is 2. The molecule has 0 aliphatic heterocycles. The molecule has 0 aromatic heterocycles. The van der Waals surface area contributed by atoms with Crippen LogP contribution >= 0.6 is 23.2 Å². The average molecular weight is 328 g/mol. The molecule has 1 saturated carbocycles. The van der Waals surface area contributed by atoms with Crippen LogP contribution in [0.2, 0.25) is 10.0 Å². The van der Waals surface area contributed by atoms with E-state index in [1.54, 1.807) is 24.3 Å². The summed E-state index contributed by atoms with van der Waals surface area (Å²) in [5.41, 5.74) is 0.114. The molecule has 0 spiro atoms. The number of carbonyl (C=O) groups is 2. The first-order valence-electron chi connectivity index (χ1n) is 6.57. The van der Waals surface area contributed by atoms with E-state index in [0.29, 0.717) is 28.5 Å². The van der Waals surface area contributed by atoms with Gasteiger partial charge in [-0.2, -0.15) is 0 Å². The van der Waals surface area contributed by atoms with E-state index >= 15 is 0 Å². The lowest BCUT2D eigenvalue weighted by Gasteiger charge is -2.41. The number of rotatable bonds is 5. The number of carboxylic acids is 1. The minimum Gasteiger partial charge on any atom is -0.481 e. The monoisotopic (exact) mass is 327 g/mol. The van der Waals surface area contributed by atoms with E-state index in [0.717, 1.165) is 6.42 Å². The maximum absolute atomic E-state index is 11.9. The first kappa shape index (κ1) is 15.9. The lowest BCUT2D eigenvalue weighted by molar-refractivity contribution is -0.140. The Hall–Kier alpha value is -1.52. The van der Waals surface area contributed by atoms with Gasteiger partial charge < -0.3 is 10.4 Å². The Balaban J connectivity index is 2.00. The molecular weight excluding hydrogens is 313 g/mol. The van der Waals surface area contributed by atoms with E-state index in [9.17, 15) is 9.59 Å². The highest BCUT2D eigenvalue weighted by Crippen LogP contribution is 2.34. The molecule has 0 saturated heterocycles. The standard InChI is InChI=1S/C15H15Cl2NO3/c16-11-6-10(7-12(17)8-11)2-3-13(19)18-15(4-1-5-15)9-14(20)21/h2-3,6-8H,1,4-5,9H2,(H,18,19)(H,20,21). The second kappa shape index (κ2) is 6.50. The molecular formula is C15H15Cl2NO3. The maximum atomic E-state index is 11.9. The van der Waals surface area contributed by atoms with Crippen molar-refractivity contribution in [2.24, 2.45) is 0 Å². The summed E-state index contributed by atoms with van der Waals surface area (Å²) in [6, 6.07) is 4.98. The van der Waals surface area contributed by atoms with E-state index in [4.69, 9.17) is 28.3 Å². The molecule has 1 aliphatic carbocycles. The van der Waals surface area contributed by atoms with Crippen molar-refractivity contribution >= 4 is 41.2 Å². The van der Waals surface area contributed by atoms with Crippen molar-refractivity contribution < 1.29 is 14.7 Å². The van der Waals surface area contributed by atoms with Crippen LogP contribution in [0.3, 0.4) is 0 Å². The van der Waals surface area contributed by atoms with Crippen LogP contribution in [0.1, 0.15) is 31.2 Å². The third kappa shape index (κ3) is 4.48. The predicted octanol–water partition coefficient (Wildman–Crippen LogP) is 3.52. The van der Waals surface area contributed by atoms with Gasteiger partial charge in [-0.3, -0.25) is 9.59 Å². The fourth-order valence-corrected chi connectivity index (χ4v) is 2.93. The van der Waals surface area contributed by atoms with Gasteiger partial charge in [-0.25, -0.2) is 0 Å². The van der Waals surface area contributed by atoms with Gasteiger partial charge in [0.05, 0.1) is 12.0 Å². The summed E-state index contributed by atoms with van der Waals surface area (Å²) in [7, 11) is 0. The van der Waals surface area contributed by atoms with E-state index in [-0.39, 0.29) is 12.3 Å². The molecule has 1 amide bonds. The fraction of sp³-hybridized carbons (Fsp3) is 0.333. The summed E-state index contributed by atoms with van der Waals surface area (Å²) in [6.07, 6.45) is 5.24. The van der Waals surface area contributed by atoms with Crippen molar-refractivity contribution in [2.45, 2.75) is 31.2 Å². The third-order valence-corrected chi connectivity index (χ3v) is 3.94. The number of nitrogens with one attached hydrogen (secondary N) is 1. The molecule has 1 aromatic rings. The average Bonchev–Trinajstić information content (AvgIpc) is 2.32. The number of aliphatic carboxylic acids is 1. The van der Waals surface area contributed by atoms with Crippen LogP contribution in [0.5, 0.6) is 0 Å². The molecule has 0 unspecified atom stereocenters. The Labute approximate surface area is 132 Å². The van der Waals surface area contributed by atoms with Gasteiger partial charge in [-0.05, 0) is 49.1 Å². The molecule has 21 heavy (non-hydrogen) atoms. The van der Waals surface area contributed by atoms with Crippen LogP contribution in [0.25, 0.3) is 6.08 Å². The molecule has 2 N–H and O–H groups in total. The lowest BCUT2D eigenvalue weighted by atomic mass is 9.74. The Morgan fingerprint density at radius 3 is 2.33 bits per heavy atom. The smallest absolute Gasteiger partial charge is 0.305 e. The number of benzene rings is 1. The van der Waals surface area contributed by atoms with Crippen LogP contribution in [0.15, 0.2) is 24.3 Å². The summed E-state index contributed by atoms with van der Waals surface area (Å²) in [4.78, 5) is 22.8. The molecule has 2 rings (SSSR count). The second-order valence-electron chi connectivity index (χ2n) is 5.23. The molecule has 0 bridgehead atoms. The van der Waals surface area contributed by atoms with Crippen LogP contribution < -0.4 is 5.32 Å². The summed E-state index contributed by atoms with van der Waals surface area (Å²) in [5.74, 6) is -1.22. The van der Waals surface area contributed by atoms with Gasteiger partial charge in [0.25, 0.3) is 0 Å². The van der Waals surface area contributed by atoms with Crippen LogP contribution in [-0.2, 0) is 9.59 Å². The summed E-state index contributed by atoms with van der Waals surface area (Å²) in [6.45, 7) is 0. The molecule has 1 aliphatic rings. The van der Waals surface area contributed by atoms with E-state index in [1.807, 2.05) is 0 Å². The third-order valence-electron chi connectivity index (χ3n) is 3.50. The SMILES string of the molecule is O=C(O)CC1(NC(=O)C=Cc2cc(Cl)cc(Cl)c2)CCC1. The van der Waals surface area contributed by atoms with Gasteiger partial charge in [-0.1, -0.05) is 23.2 Å². The molecule has 0 radical (unpaired) electrons. The van der Waals surface area contributed by atoms with E-state index < -0.39 is 11.5 Å². The number of carbonyl (C=O) groups excluding carboxylic acids is 1. The van der Waals surface area contributed by atoms with Crippen LogP contribution in [0.4, 0.5) is 0 Å². The predicted molar refractivity (Wildman–Crippen MR) is 82.5 cm³/mol. The van der Waals surface area contributed by atoms with Gasteiger partial charge in [0.2, 0.25) is 5.91 Å².